The minimum Gasteiger partial charge on any atom is -0.402 e. The number of hydrogen-bond acceptors (Lipinski definition) is 7. The summed E-state index contributed by atoms with van der Waals surface area (Å²) in [6, 6.07) is 2.09. The van der Waals surface area contributed by atoms with Crippen LogP contribution in [0.1, 0.15) is 30.2 Å². The molecule has 2 aromatic rings. The number of anilines is 2. The summed E-state index contributed by atoms with van der Waals surface area (Å²) in [5, 5.41) is 16.8. The van der Waals surface area contributed by atoms with E-state index in [0.29, 0.717) is 30.1 Å². The predicted molar refractivity (Wildman–Crippen MR) is 96.0 cm³/mol. The molecule has 2 aromatic heterocycles. The zero-order valence-corrected chi connectivity index (χ0v) is 14.2. The molecule has 0 amide bonds. The number of allylic oxidation sites excluding steroid dienone is 1. The lowest BCUT2D eigenvalue weighted by Crippen LogP contribution is -2.13. The molecule has 0 bridgehead atoms. The molecule has 0 aromatic carbocycles. The molecule has 0 saturated carbocycles. The number of aryl methyl sites for hydroxylation is 2. The van der Waals surface area contributed by atoms with E-state index < -0.39 is 0 Å². The van der Waals surface area contributed by atoms with E-state index in [1.165, 1.54) is 4.52 Å². The van der Waals surface area contributed by atoms with Gasteiger partial charge in [-0.2, -0.15) is 14.9 Å². The largest absolute Gasteiger partial charge is 0.402 e. The molecule has 0 aliphatic rings. The highest BCUT2D eigenvalue weighted by atomic mass is 15.3. The minimum atomic E-state index is 0.278. The summed E-state index contributed by atoms with van der Waals surface area (Å²) in [4.78, 5) is 8.58. The number of rotatable bonds is 6. The number of nitrogens with one attached hydrogen (secondary N) is 1. The number of aliphatic imine (C=N–C) groups is 1. The molecule has 0 aliphatic heterocycles. The number of nitriles is 1. The van der Waals surface area contributed by atoms with E-state index in [1.807, 2.05) is 20.8 Å². The first-order valence-electron chi connectivity index (χ1n) is 7.73. The molecule has 0 spiro atoms. The second-order valence-electron chi connectivity index (χ2n) is 5.34. The van der Waals surface area contributed by atoms with Gasteiger partial charge >= 0.3 is 0 Å². The standard InChI is InChI=1S/C16H22N8/c1-4-20-7-5-12(18)6-8-21-15-13(9-17)14(19)24-16(22-15)10(2)11(3)23-24/h5,7H,4,6,8,18-19H2,1-3H3,(H,21,22). The van der Waals surface area contributed by atoms with Gasteiger partial charge < -0.3 is 16.8 Å². The third-order valence-corrected chi connectivity index (χ3v) is 3.66. The van der Waals surface area contributed by atoms with Crippen molar-refractivity contribution in [2.24, 2.45) is 10.7 Å². The van der Waals surface area contributed by atoms with E-state index >= 15 is 0 Å². The molecule has 5 N–H and O–H groups in total. The summed E-state index contributed by atoms with van der Waals surface area (Å²) in [5.41, 5.74) is 15.4. The van der Waals surface area contributed by atoms with Crippen LogP contribution >= 0.6 is 0 Å². The number of aromatic nitrogens is 3. The molecule has 2 rings (SSSR count). The molecular formula is C16H22N8. The summed E-state index contributed by atoms with van der Waals surface area (Å²) in [6.45, 7) is 7.02. The van der Waals surface area contributed by atoms with Crippen LogP contribution < -0.4 is 16.8 Å². The first kappa shape index (κ1) is 17.3. The first-order valence-corrected chi connectivity index (χ1v) is 7.73. The highest BCUT2D eigenvalue weighted by molar-refractivity contribution is 5.72. The summed E-state index contributed by atoms with van der Waals surface area (Å²) in [7, 11) is 0. The zero-order valence-electron chi connectivity index (χ0n) is 14.2. The minimum absolute atomic E-state index is 0.278. The number of nitrogen functional groups attached to an aromatic ring is 1. The second kappa shape index (κ2) is 7.46. The maximum atomic E-state index is 9.38. The molecule has 0 atom stereocenters. The highest BCUT2D eigenvalue weighted by Gasteiger charge is 2.16. The smallest absolute Gasteiger partial charge is 0.162 e. The van der Waals surface area contributed by atoms with Gasteiger partial charge in [-0.3, -0.25) is 4.99 Å². The van der Waals surface area contributed by atoms with Crippen molar-refractivity contribution in [1.82, 2.24) is 14.6 Å². The Morgan fingerprint density at radius 2 is 2.21 bits per heavy atom. The van der Waals surface area contributed by atoms with Crippen molar-refractivity contribution in [3.05, 3.63) is 28.6 Å². The van der Waals surface area contributed by atoms with Crippen LogP contribution in [0, 0.1) is 25.2 Å². The monoisotopic (exact) mass is 326 g/mol. The Bertz CT molecular complexity index is 838. The van der Waals surface area contributed by atoms with E-state index in [-0.39, 0.29) is 11.4 Å². The van der Waals surface area contributed by atoms with Gasteiger partial charge in [0.2, 0.25) is 0 Å². The van der Waals surface area contributed by atoms with Crippen molar-refractivity contribution >= 4 is 23.5 Å². The van der Waals surface area contributed by atoms with E-state index in [0.717, 1.165) is 17.8 Å². The third kappa shape index (κ3) is 3.46. The van der Waals surface area contributed by atoms with Crippen molar-refractivity contribution in [2.75, 3.05) is 24.1 Å². The van der Waals surface area contributed by atoms with Crippen LogP contribution in [0.4, 0.5) is 11.6 Å². The Kier molecular flexibility index (Phi) is 5.37. The molecule has 2 heterocycles. The maximum absolute atomic E-state index is 9.38. The number of hydrogen-bond donors (Lipinski definition) is 3. The fraction of sp³-hybridized carbons (Fsp3) is 0.375. The maximum Gasteiger partial charge on any atom is 0.162 e. The van der Waals surface area contributed by atoms with Crippen molar-refractivity contribution in [3.8, 4) is 6.07 Å². The molecule has 0 saturated heterocycles. The molecule has 0 radical (unpaired) electrons. The lowest BCUT2D eigenvalue weighted by molar-refractivity contribution is 0.917. The van der Waals surface area contributed by atoms with Gasteiger partial charge in [-0.1, -0.05) is 0 Å². The molecule has 8 heteroatoms. The predicted octanol–water partition coefficient (Wildman–Crippen LogP) is 1.54. The fourth-order valence-electron chi connectivity index (χ4n) is 2.18. The van der Waals surface area contributed by atoms with Gasteiger partial charge in [-0.05, 0) is 26.8 Å². The van der Waals surface area contributed by atoms with Gasteiger partial charge in [0, 0.05) is 37.0 Å². The number of fused-ring (bicyclic) bond motifs is 1. The average molecular weight is 326 g/mol. The van der Waals surface area contributed by atoms with Crippen molar-refractivity contribution in [1.29, 1.82) is 5.26 Å². The first-order chi connectivity index (χ1) is 11.5. The van der Waals surface area contributed by atoms with Crippen LogP contribution in [0.25, 0.3) is 5.65 Å². The van der Waals surface area contributed by atoms with Crippen molar-refractivity contribution < 1.29 is 0 Å². The summed E-state index contributed by atoms with van der Waals surface area (Å²) < 4.78 is 1.50. The fourth-order valence-corrected chi connectivity index (χ4v) is 2.18. The van der Waals surface area contributed by atoms with Gasteiger partial charge in [0.25, 0.3) is 0 Å². The van der Waals surface area contributed by atoms with Crippen LogP contribution in [0.5, 0.6) is 0 Å². The quantitative estimate of drug-likeness (QED) is 0.690. The van der Waals surface area contributed by atoms with Gasteiger partial charge in [-0.25, -0.2) is 4.98 Å². The average Bonchev–Trinajstić information content (AvgIpc) is 2.84. The Morgan fingerprint density at radius 3 is 2.88 bits per heavy atom. The Balaban J connectivity index is 2.23. The van der Waals surface area contributed by atoms with Crippen LogP contribution in [0.2, 0.25) is 0 Å². The van der Waals surface area contributed by atoms with Crippen molar-refractivity contribution in [3.63, 3.8) is 0 Å². The molecule has 24 heavy (non-hydrogen) atoms. The molecule has 0 unspecified atom stereocenters. The second-order valence-corrected chi connectivity index (χ2v) is 5.34. The normalized spacial score (nSPS) is 12.0. The van der Waals surface area contributed by atoms with Gasteiger partial charge in [0.15, 0.2) is 5.65 Å². The topological polar surface area (TPSA) is 130 Å². The Labute approximate surface area is 140 Å². The SMILES string of the molecule is CCN=CC=C(N)CCNc1nc2c(C)c(C)nn2c(N)c1C#N. The molecule has 8 nitrogen and oxygen atoms in total. The van der Waals surface area contributed by atoms with E-state index in [2.05, 4.69) is 26.5 Å². The highest BCUT2D eigenvalue weighted by Crippen LogP contribution is 2.24. The summed E-state index contributed by atoms with van der Waals surface area (Å²) in [5.74, 6) is 0.723. The zero-order chi connectivity index (χ0) is 17.7. The lowest BCUT2D eigenvalue weighted by Gasteiger charge is -2.10. The summed E-state index contributed by atoms with van der Waals surface area (Å²) in [6.07, 6.45) is 4.06. The summed E-state index contributed by atoms with van der Waals surface area (Å²) >= 11 is 0. The molecule has 126 valence electrons. The number of nitrogens with zero attached hydrogens (tertiary/aromatic N) is 5. The Hall–Kier alpha value is -3.08. The Morgan fingerprint density at radius 1 is 1.46 bits per heavy atom. The molecule has 0 aliphatic carbocycles. The lowest BCUT2D eigenvalue weighted by atomic mass is 10.2. The van der Waals surface area contributed by atoms with Gasteiger partial charge in [0.1, 0.15) is 23.3 Å². The van der Waals surface area contributed by atoms with Gasteiger partial charge in [-0.15, -0.1) is 0 Å². The van der Waals surface area contributed by atoms with E-state index in [4.69, 9.17) is 11.5 Å². The van der Waals surface area contributed by atoms with Gasteiger partial charge in [0.05, 0.1) is 5.69 Å². The van der Waals surface area contributed by atoms with Crippen LogP contribution in [0.15, 0.2) is 16.8 Å². The van der Waals surface area contributed by atoms with E-state index in [9.17, 15) is 5.26 Å². The van der Waals surface area contributed by atoms with Crippen LogP contribution in [0.3, 0.4) is 0 Å². The number of nitrogens with two attached hydrogens (primary N) is 2. The molecular weight excluding hydrogens is 304 g/mol. The van der Waals surface area contributed by atoms with Crippen LogP contribution in [-0.4, -0.2) is 33.9 Å². The van der Waals surface area contributed by atoms with Crippen LogP contribution in [-0.2, 0) is 0 Å². The van der Waals surface area contributed by atoms with E-state index in [1.54, 1.807) is 12.3 Å². The third-order valence-electron chi connectivity index (χ3n) is 3.66. The molecule has 0 fully saturated rings. The van der Waals surface area contributed by atoms with Crippen molar-refractivity contribution in [2.45, 2.75) is 27.2 Å².